The summed E-state index contributed by atoms with van der Waals surface area (Å²) in [5.74, 6) is 0. The maximum Gasteiger partial charge on any atom is 0.150 e. The van der Waals surface area contributed by atoms with Crippen molar-refractivity contribution in [1.82, 2.24) is 0 Å². The van der Waals surface area contributed by atoms with Crippen LogP contribution in [0.2, 0.25) is 0 Å². The minimum absolute atomic E-state index is 0.731. The molecule has 0 radical (unpaired) electrons. The van der Waals surface area contributed by atoms with Crippen LogP contribution in [0, 0.1) is 6.92 Å². The maximum atomic E-state index is 10.8. The lowest BCUT2D eigenvalue weighted by atomic mass is 9.98. The van der Waals surface area contributed by atoms with E-state index in [1.165, 1.54) is 21.2 Å². The van der Waals surface area contributed by atoms with Crippen LogP contribution in [0.1, 0.15) is 15.9 Å². The van der Waals surface area contributed by atoms with Crippen molar-refractivity contribution in [2.24, 2.45) is 0 Å². The summed E-state index contributed by atoms with van der Waals surface area (Å²) in [4.78, 5) is 10.8. The molecule has 0 aliphatic carbocycles. The highest BCUT2D eigenvalue weighted by Gasteiger charge is 2.07. The van der Waals surface area contributed by atoms with Crippen molar-refractivity contribution in [1.29, 1.82) is 0 Å². The molecule has 0 aliphatic rings. The van der Waals surface area contributed by atoms with Gasteiger partial charge in [-0.3, -0.25) is 4.79 Å². The van der Waals surface area contributed by atoms with E-state index in [-0.39, 0.29) is 0 Å². The SMILES string of the molecule is Cc1cc(C=O)ccc1-c1cccc2ccsc12. The van der Waals surface area contributed by atoms with Crippen molar-refractivity contribution < 1.29 is 4.79 Å². The Morgan fingerprint density at radius 2 is 1.94 bits per heavy atom. The second-order valence-electron chi connectivity index (χ2n) is 4.34. The van der Waals surface area contributed by atoms with Gasteiger partial charge in [0.25, 0.3) is 0 Å². The van der Waals surface area contributed by atoms with Crippen LogP contribution in [0.4, 0.5) is 0 Å². The molecule has 88 valence electrons. The summed E-state index contributed by atoms with van der Waals surface area (Å²) < 4.78 is 1.31. The lowest BCUT2D eigenvalue weighted by Gasteiger charge is -2.08. The van der Waals surface area contributed by atoms with Crippen molar-refractivity contribution in [3.8, 4) is 11.1 Å². The average Bonchev–Trinajstić information content (AvgIpc) is 2.87. The van der Waals surface area contributed by atoms with E-state index < -0.39 is 0 Å². The number of aldehydes is 1. The fourth-order valence-electron chi connectivity index (χ4n) is 2.27. The summed E-state index contributed by atoms with van der Waals surface area (Å²) in [6, 6.07) is 14.3. The second-order valence-corrected chi connectivity index (χ2v) is 5.25. The molecule has 0 unspecified atom stereocenters. The molecular formula is C16H12OS. The van der Waals surface area contributed by atoms with Gasteiger partial charge in [-0.15, -0.1) is 11.3 Å². The lowest BCUT2D eigenvalue weighted by molar-refractivity contribution is 0.112. The van der Waals surface area contributed by atoms with E-state index >= 15 is 0 Å². The molecule has 0 fully saturated rings. The van der Waals surface area contributed by atoms with E-state index in [1.807, 2.05) is 18.2 Å². The third-order valence-corrected chi connectivity index (χ3v) is 4.12. The second kappa shape index (κ2) is 4.39. The molecule has 1 nitrogen and oxygen atoms in total. The highest BCUT2D eigenvalue weighted by atomic mass is 32.1. The van der Waals surface area contributed by atoms with Crippen molar-refractivity contribution in [3.63, 3.8) is 0 Å². The van der Waals surface area contributed by atoms with Gasteiger partial charge in [0.2, 0.25) is 0 Å². The highest BCUT2D eigenvalue weighted by Crippen LogP contribution is 2.34. The van der Waals surface area contributed by atoms with Crippen LogP contribution < -0.4 is 0 Å². The van der Waals surface area contributed by atoms with Gasteiger partial charge in [-0.1, -0.05) is 30.3 Å². The Balaban J connectivity index is 2.26. The normalized spacial score (nSPS) is 10.7. The Hall–Kier alpha value is -1.93. The Labute approximate surface area is 110 Å². The molecule has 2 aromatic carbocycles. The zero-order valence-corrected chi connectivity index (χ0v) is 10.8. The minimum Gasteiger partial charge on any atom is -0.298 e. The fraction of sp³-hybridized carbons (Fsp3) is 0.0625. The van der Waals surface area contributed by atoms with Crippen LogP contribution in [-0.4, -0.2) is 6.29 Å². The zero-order valence-electron chi connectivity index (χ0n) is 10.0. The van der Waals surface area contributed by atoms with Crippen LogP contribution in [0.25, 0.3) is 21.2 Å². The van der Waals surface area contributed by atoms with Gasteiger partial charge in [0.05, 0.1) is 0 Å². The summed E-state index contributed by atoms with van der Waals surface area (Å²) in [5.41, 5.74) is 4.32. The molecule has 3 aromatic rings. The van der Waals surface area contributed by atoms with Crippen molar-refractivity contribution in [2.45, 2.75) is 6.92 Å². The summed E-state index contributed by atoms with van der Waals surface area (Å²) in [5, 5.41) is 3.39. The number of thiophene rings is 1. The molecule has 0 atom stereocenters. The van der Waals surface area contributed by atoms with Gasteiger partial charge in [0, 0.05) is 10.3 Å². The molecule has 0 aliphatic heterocycles. The van der Waals surface area contributed by atoms with E-state index in [2.05, 4.69) is 36.6 Å². The van der Waals surface area contributed by atoms with Crippen LogP contribution in [0.3, 0.4) is 0 Å². The molecule has 0 saturated carbocycles. The van der Waals surface area contributed by atoms with Gasteiger partial charge >= 0.3 is 0 Å². The standard InChI is InChI=1S/C16H12OS/c1-11-9-12(10-17)5-6-14(11)15-4-2-3-13-7-8-18-16(13)15/h2-10H,1H3. The third kappa shape index (κ3) is 1.75. The summed E-state index contributed by atoms with van der Waals surface area (Å²) in [7, 11) is 0. The Morgan fingerprint density at radius 1 is 1.06 bits per heavy atom. The first-order valence-electron chi connectivity index (χ1n) is 5.82. The third-order valence-electron chi connectivity index (χ3n) is 3.16. The highest BCUT2D eigenvalue weighted by molar-refractivity contribution is 7.17. The molecular weight excluding hydrogens is 240 g/mol. The van der Waals surface area contributed by atoms with Crippen LogP contribution in [0.15, 0.2) is 47.8 Å². The quantitative estimate of drug-likeness (QED) is 0.605. The van der Waals surface area contributed by atoms with Crippen molar-refractivity contribution >= 4 is 27.7 Å². The number of carbonyl (C=O) groups excluding carboxylic acids is 1. The topological polar surface area (TPSA) is 17.1 Å². The van der Waals surface area contributed by atoms with Gasteiger partial charge < -0.3 is 0 Å². The van der Waals surface area contributed by atoms with E-state index in [0.29, 0.717) is 0 Å². The van der Waals surface area contributed by atoms with Crippen molar-refractivity contribution in [2.75, 3.05) is 0 Å². The summed E-state index contributed by atoms with van der Waals surface area (Å²) in [6.45, 7) is 2.05. The number of benzene rings is 2. The Bertz CT molecular complexity index is 725. The molecule has 1 aromatic heterocycles. The Kier molecular flexibility index (Phi) is 2.73. The molecule has 0 spiro atoms. The smallest absolute Gasteiger partial charge is 0.150 e. The summed E-state index contributed by atoms with van der Waals surface area (Å²) >= 11 is 1.76. The zero-order chi connectivity index (χ0) is 12.5. The van der Waals surface area contributed by atoms with Gasteiger partial charge in [-0.25, -0.2) is 0 Å². The average molecular weight is 252 g/mol. The fourth-order valence-corrected chi connectivity index (χ4v) is 3.20. The number of hydrogen-bond acceptors (Lipinski definition) is 2. The molecule has 0 bridgehead atoms. The first-order chi connectivity index (χ1) is 8.79. The number of aryl methyl sites for hydroxylation is 1. The van der Waals surface area contributed by atoms with E-state index in [9.17, 15) is 4.79 Å². The molecule has 2 heteroatoms. The predicted octanol–water partition coefficient (Wildman–Crippen LogP) is 4.69. The van der Waals surface area contributed by atoms with Gasteiger partial charge in [-0.05, 0) is 46.5 Å². The Morgan fingerprint density at radius 3 is 2.72 bits per heavy atom. The lowest BCUT2D eigenvalue weighted by Crippen LogP contribution is -1.87. The van der Waals surface area contributed by atoms with Gasteiger partial charge in [0.1, 0.15) is 6.29 Å². The number of fused-ring (bicyclic) bond motifs is 1. The molecule has 0 saturated heterocycles. The van der Waals surface area contributed by atoms with Crippen LogP contribution >= 0.6 is 11.3 Å². The molecule has 1 heterocycles. The van der Waals surface area contributed by atoms with Crippen LogP contribution in [0.5, 0.6) is 0 Å². The largest absolute Gasteiger partial charge is 0.298 e. The summed E-state index contributed by atoms with van der Waals surface area (Å²) in [6.07, 6.45) is 0.891. The van der Waals surface area contributed by atoms with Crippen molar-refractivity contribution in [3.05, 3.63) is 59.0 Å². The van der Waals surface area contributed by atoms with E-state index in [0.717, 1.165) is 17.4 Å². The van der Waals surface area contributed by atoms with E-state index in [4.69, 9.17) is 0 Å². The maximum absolute atomic E-state index is 10.8. The number of hydrogen-bond donors (Lipinski definition) is 0. The molecule has 18 heavy (non-hydrogen) atoms. The number of carbonyl (C=O) groups is 1. The molecule has 0 N–H and O–H groups in total. The minimum atomic E-state index is 0.731. The molecule has 0 amide bonds. The molecule has 3 rings (SSSR count). The first kappa shape index (κ1) is 11.2. The first-order valence-corrected chi connectivity index (χ1v) is 6.70. The van der Waals surface area contributed by atoms with E-state index in [1.54, 1.807) is 11.3 Å². The monoisotopic (exact) mass is 252 g/mol. The number of rotatable bonds is 2. The van der Waals surface area contributed by atoms with Crippen LogP contribution in [-0.2, 0) is 0 Å². The van der Waals surface area contributed by atoms with Gasteiger partial charge in [0.15, 0.2) is 0 Å². The predicted molar refractivity (Wildman–Crippen MR) is 77.4 cm³/mol. The van der Waals surface area contributed by atoms with Gasteiger partial charge in [-0.2, -0.15) is 0 Å².